The Balaban J connectivity index is 1.70. The van der Waals surface area contributed by atoms with Crippen molar-refractivity contribution in [3.8, 4) is 0 Å². The van der Waals surface area contributed by atoms with Crippen LogP contribution in [0.2, 0.25) is 0 Å². The maximum atomic E-state index is 11.7. The fourth-order valence-electron chi connectivity index (χ4n) is 4.22. The summed E-state index contributed by atoms with van der Waals surface area (Å²) in [6, 6.07) is 0. The molecule has 0 unspecified atom stereocenters. The Morgan fingerprint density at radius 3 is 2.50 bits per heavy atom. The average molecular weight is 371 g/mol. The summed E-state index contributed by atoms with van der Waals surface area (Å²) in [5, 5.41) is 10.4. The Hall–Kier alpha value is -0.850. The summed E-state index contributed by atoms with van der Waals surface area (Å²) in [5.41, 5.74) is 0. The number of β-amino-alcohol motifs (C(OH)–C–C–N with tert-alkyl or cyclic N) is 1. The number of piperazine rings is 1. The van der Waals surface area contributed by atoms with Crippen LogP contribution in [-0.4, -0.2) is 79.1 Å². The number of aliphatic hydroxyl groups excluding tert-OH is 1. The highest BCUT2D eigenvalue weighted by Gasteiger charge is 2.32. The highest BCUT2D eigenvalue weighted by Crippen LogP contribution is 2.35. The van der Waals surface area contributed by atoms with Crippen LogP contribution in [0, 0.1) is 17.8 Å². The van der Waals surface area contributed by atoms with E-state index >= 15 is 0 Å². The molecule has 0 bridgehead atoms. The molecule has 1 heterocycles. The van der Waals surface area contributed by atoms with E-state index in [1.54, 1.807) is 4.90 Å². The molecule has 2 aliphatic rings. The van der Waals surface area contributed by atoms with Gasteiger partial charge in [0, 0.05) is 32.7 Å². The second kappa shape index (κ2) is 10.5. The van der Waals surface area contributed by atoms with Crippen molar-refractivity contribution in [3.05, 3.63) is 0 Å². The van der Waals surface area contributed by atoms with Crippen LogP contribution in [0.5, 0.6) is 0 Å². The van der Waals surface area contributed by atoms with Gasteiger partial charge in [-0.25, -0.2) is 4.79 Å². The Labute approximate surface area is 158 Å². The number of hydrogen-bond donors (Lipinski definition) is 1. The van der Waals surface area contributed by atoms with Gasteiger partial charge in [-0.05, 0) is 37.5 Å². The molecule has 1 saturated heterocycles. The minimum absolute atomic E-state index is 0.234. The van der Waals surface area contributed by atoms with E-state index in [0.29, 0.717) is 50.6 Å². The summed E-state index contributed by atoms with van der Waals surface area (Å²) in [4.78, 5) is 15.7. The lowest BCUT2D eigenvalue weighted by Gasteiger charge is -2.38. The van der Waals surface area contributed by atoms with E-state index in [-0.39, 0.29) is 12.2 Å². The molecule has 6 nitrogen and oxygen atoms in total. The van der Waals surface area contributed by atoms with Crippen molar-refractivity contribution in [2.45, 2.75) is 59.2 Å². The molecule has 1 aliphatic heterocycles. The highest BCUT2D eigenvalue weighted by atomic mass is 16.6. The van der Waals surface area contributed by atoms with Gasteiger partial charge in [0.05, 0.1) is 25.4 Å². The predicted molar refractivity (Wildman–Crippen MR) is 102 cm³/mol. The van der Waals surface area contributed by atoms with Crippen molar-refractivity contribution < 1.29 is 19.4 Å². The smallest absolute Gasteiger partial charge is 0.409 e. The Bertz CT molecular complexity index is 424. The number of carbonyl (C=O) groups is 1. The van der Waals surface area contributed by atoms with Crippen LogP contribution in [0.15, 0.2) is 0 Å². The average Bonchev–Trinajstić information content (AvgIpc) is 2.60. The lowest BCUT2D eigenvalue weighted by molar-refractivity contribution is -0.0752. The number of hydrogen-bond acceptors (Lipinski definition) is 5. The van der Waals surface area contributed by atoms with Gasteiger partial charge in [0.15, 0.2) is 0 Å². The van der Waals surface area contributed by atoms with Crippen molar-refractivity contribution in [2.24, 2.45) is 17.8 Å². The molecule has 0 spiro atoms. The normalized spacial score (nSPS) is 29.0. The molecular formula is C20H38N2O4. The number of amides is 1. The standard InChI is InChI=1S/C20H38N2O4/c1-5-25-20(24)22-10-8-21(9-11-22)13-17(23)14-26-19-12-16(4)6-7-18(19)15(2)3/h15-19,23H,5-14H2,1-4H3/t16-,17-,18+,19+/m0/s1. The summed E-state index contributed by atoms with van der Waals surface area (Å²) in [6.45, 7) is 12.9. The van der Waals surface area contributed by atoms with Gasteiger partial charge in [-0.15, -0.1) is 0 Å². The molecule has 4 atom stereocenters. The first-order chi connectivity index (χ1) is 12.4. The zero-order chi connectivity index (χ0) is 19.1. The molecule has 0 radical (unpaired) electrons. The van der Waals surface area contributed by atoms with Gasteiger partial charge in [0.25, 0.3) is 0 Å². The topological polar surface area (TPSA) is 62.2 Å². The van der Waals surface area contributed by atoms with Crippen LogP contribution >= 0.6 is 0 Å². The first-order valence-electron chi connectivity index (χ1n) is 10.3. The summed E-state index contributed by atoms with van der Waals surface area (Å²) in [5.74, 6) is 1.94. The van der Waals surface area contributed by atoms with Crippen LogP contribution < -0.4 is 0 Å². The molecule has 2 fully saturated rings. The largest absolute Gasteiger partial charge is 0.450 e. The van der Waals surface area contributed by atoms with Crippen LogP contribution in [-0.2, 0) is 9.47 Å². The Morgan fingerprint density at radius 1 is 1.19 bits per heavy atom. The summed E-state index contributed by atoms with van der Waals surface area (Å²) < 4.78 is 11.2. The monoisotopic (exact) mass is 370 g/mol. The lowest BCUT2D eigenvalue weighted by atomic mass is 9.75. The van der Waals surface area contributed by atoms with Gasteiger partial charge < -0.3 is 19.5 Å². The van der Waals surface area contributed by atoms with E-state index in [1.165, 1.54) is 12.8 Å². The summed E-state index contributed by atoms with van der Waals surface area (Å²) in [6.07, 6.45) is 3.18. The van der Waals surface area contributed by atoms with Gasteiger partial charge in [-0.1, -0.05) is 27.2 Å². The molecule has 2 rings (SSSR count). The number of aliphatic hydroxyl groups is 1. The van der Waals surface area contributed by atoms with Crippen molar-refractivity contribution in [1.29, 1.82) is 0 Å². The Morgan fingerprint density at radius 2 is 1.88 bits per heavy atom. The van der Waals surface area contributed by atoms with E-state index in [4.69, 9.17) is 9.47 Å². The number of rotatable bonds is 7. The van der Waals surface area contributed by atoms with Crippen LogP contribution in [0.1, 0.15) is 47.0 Å². The molecule has 1 N–H and O–H groups in total. The fraction of sp³-hybridized carbons (Fsp3) is 0.950. The molecule has 0 aromatic rings. The maximum Gasteiger partial charge on any atom is 0.409 e. The second-order valence-electron chi connectivity index (χ2n) is 8.34. The molecule has 26 heavy (non-hydrogen) atoms. The molecule has 0 aromatic carbocycles. The quantitative estimate of drug-likeness (QED) is 0.746. The third-order valence-electron chi connectivity index (χ3n) is 5.83. The van der Waals surface area contributed by atoms with E-state index < -0.39 is 6.10 Å². The molecule has 6 heteroatoms. The van der Waals surface area contributed by atoms with Crippen LogP contribution in [0.25, 0.3) is 0 Å². The van der Waals surface area contributed by atoms with Crippen molar-refractivity contribution in [3.63, 3.8) is 0 Å². The van der Waals surface area contributed by atoms with Gasteiger partial charge in [0.2, 0.25) is 0 Å². The summed E-state index contributed by atoms with van der Waals surface area (Å²) >= 11 is 0. The van der Waals surface area contributed by atoms with E-state index in [2.05, 4.69) is 25.7 Å². The second-order valence-corrected chi connectivity index (χ2v) is 8.34. The van der Waals surface area contributed by atoms with E-state index in [9.17, 15) is 9.90 Å². The SMILES string of the molecule is CCOC(=O)N1CCN(C[C@H](O)CO[C@@H]2C[C@@H](C)CC[C@@H]2C(C)C)CC1. The first-order valence-corrected chi connectivity index (χ1v) is 10.3. The first kappa shape index (κ1) is 21.5. The van der Waals surface area contributed by atoms with Crippen molar-refractivity contribution >= 4 is 6.09 Å². The van der Waals surface area contributed by atoms with E-state index in [0.717, 1.165) is 19.5 Å². The summed E-state index contributed by atoms with van der Waals surface area (Å²) in [7, 11) is 0. The van der Waals surface area contributed by atoms with Crippen molar-refractivity contribution in [1.82, 2.24) is 9.80 Å². The molecule has 1 saturated carbocycles. The molecule has 0 aromatic heterocycles. The minimum Gasteiger partial charge on any atom is -0.450 e. The molecule has 152 valence electrons. The fourth-order valence-corrected chi connectivity index (χ4v) is 4.22. The third kappa shape index (κ3) is 6.39. The van der Waals surface area contributed by atoms with E-state index in [1.807, 2.05) is 6.92 Å². The van der Waals surface area contributed by atoms with Gasteiger partial charge in [-0.3, -0.25) is 4.90 Å². The third-order valence-corrected chi connectivity index (χ3v) is 5.83. The van der Waals surface area contributed by atoms with Crippen LogP contribution in [0.3, 0.4) is 0 Å². The number of ether oxygens (including phenoxy) is 2. The van der Waals surface area contributed by atoms with Gasteiger partial charge in [0.1, 0.15) is 0 Å². The zero-order valence-corrected chi connectivity index (χ0v) is 17.0. The van der Waals surface area contributed by atoms with Crippen molar-refractivity contribution in [2.75, 3.05) is 45.9 Å². The Kier molecular flexibility index (Phi) is 8.64. The maximum absolute atomic E-state index is 11.7. The van der Waals surface area contributed by atoms with Crippen LogP contribution in [0.4, 0.5) is 4.79 Å². The van der Waals surface area contributed by atoms with Gasteiger partial charge in [-0.2, -0.15) is 0 Å². The zero-order valence-electron chi connectivity index (χ0n) is 17.0. The minimum atomic E-state index is -0.478. The number of carbonyl (C=O) groups excluding carboxylic acids is 1. The molecule has 1 amide bonds. The number of nitrogens with zero attached hydrogens (tertiary/aromatic N) is 2. The molecular weight excluding hydrogens is 332 g/mol. The lowest BCUT2D eigenvalue weighted by Crippen LogP contribution is -2.51. The predicted octanol–water partition coefficient (Wildman–Crippen LogP) is 2.60. The molecule has 1 aliphatic carbocycles. The highest BCUT2D eigenvalue weighted by molar-refractivity contribution is 5.67. The van der Waals surface area contributed by atoms with Gasteiger partial charge >= 0.3 is 6.09 Å².